The summed E-state index contributed by atoms with van der Waals surface area (Å²) in [7, 11) is 10.1. The number of likely N-dealkylation sites (N-methyl/N-ethyl adjacent to an activating group) is 7. The van der Waals surface area contributed by atoms with E-state index in [1.54, 1.807) is 106 Å². The van der Waals surface area contributed by atoms with Crippen molar-refractivity contribution in [1.82, 2.24) is 55.6 Å². The number of carbonyl (C=O) groups excluding carboxylic acids is 13. The molecule has 0 saturated carbocycles. The predicted octanol–water partition coefficient (Wildman–Crippen LogP) is 8.92. The molecule has 2 rings (SSSR count). The molecule has 0 spiro atoms. The molecule has 12 atom stereocenters. The van der Waals surface area contributed by atoms with Crippen molar-refractivity contribution in [2.24, 2.45) is 41.4 Å². The Labute approximate surface area is 654 Å². The Kier molecular flexibility index (Phi) is 40.6. The van der Waals surface area contributed by atoms with E-state index >= 15 is 19.2 Å². The zero-order valence-electron chi connectivity index (χ0n) is 70.3. The fraction of sp³-hybridized carbons (Fsp3) is 0.671. The van der Waals surface area contributed by atoms with Crippen molar-refractivity contribution in [3.05, 3.63) is 83.9 Å². The molecule has 0 aliphatic carbocycles. The first-order valence-electron chi connectivity index (χ1n) is 38.4. The molecule has 0 aliphatic rings. The van der Waals surface area contributed by atoms with Gasteiger partial charge in [-0.15, -0.1) is 0 Å². The van der Waals surface area contributed by atoms with E-state index in [0.717, 1.165) is 22.2 Å². The number of thioether (sulfide) groups is 1. The summed E-state index contributed by atoms with van der Waals surface area (Å²) in [5.41, 5.74) is 0.760. The zero-order chi connectivity index (χ0) is 83.4. The second-order valence-corrected chi connectivity index (χ2v) is 33.4. The van der Waals surface area contributed by atoms with E-state index < -0.39 is 168 Å². The van der Waals surface area contributed by atoms with Crippen molar-refractivity contribution in [3.8, 4) is 0 Å². The van der Waals surface area contributed by atoms with Crippen LogP contribution >= 0.6 is 11.8 Å². The van der Waals surface area contributed by atoms with Crippen molar-refractivity contribution in [2.75, 3.05) is 55.9 Å². The Balaban J connectivity index is 2.65. The van der Waals surface area contributed by atoms with Gasteiger partial charge in [0.2, 0.25) is 64.2 Å². The summed E-state index contributed by atoms with van der Waals surface area (Å²) in [4.78, 5) is 197. The van der Waals surface area contributed by atoms with Crippen molar-refractivity contribution in [1.29, 1.82) is 0 Å². The Bertz CT molecular complexity index is 3360. The number of allylic oxidation sites excluding steroid dienone is 2. The van der Waals surface area contributed by atoms with E-state index in [1.165, 1.54) is 92.6 Å². The highest BCUT2D eigenvalue weighted by molar-refractivity contribution is 8.13. The minimum Gasteiger partial charge on any atom is -0.459 e. The van der Waals surface area contributed by atoms with Gasteiger partial charge in [0.05, 0.1) is 6.54 Å². The molecule has 2 aromatic carbocycles. The van der Waals surface area contributed by atoms with Crippen LogP contribution in [0.15, 0.2) is 72.8 Å². The zero-order valence-corrected chi connectivity index (χ0v) is 71.2. The molecule has 2 aromatic rings. The van der Waals surface area contributed by atoms with Crippen LogP contribution < -0.4 is 21.3 Å². The molecule has 612 valence electrons. The predicted molar refractivity (Wildman–Crippen MR) is 426 cm³/mol. The number of alkyl carbamates (subject to hydrolysis) is 1. The Morgan fingerprint density at radius 3 is 1.41 bits per heavy atom. The molecule has 0 aromatic heterocycles. The average Bonchev–Trinajstić information content (AvgIpc) is 0.795. The summed E-state index contributed by atoms with van der Waals surface area (Å²) < 4.78 is 11.4. The maximum absolute atomic E-state index is 15.6. The number of esters is 1. The summed E-state index contributed by atoms with van der Waals surface area (Å²) >= 11 is 1.11. The summed E-state index contributed by atoms with van der Waals surface area (Å²) in [5, 5.41) is 10.9. The van der Waals surface area contributed by atoms with Gasteiger partial charge in [-0.1, -0.05) is 182 Å². The molecule has 0 radical (unpaired) electrons. The third-order valence-corrected chi connectivity index (χ3v) is 20.1. The summed E-state index contributed by atoms with van der Waals surface area (Å²) in [6, 6.07) is 6.12. The van der Waals surface area contributed by atoms with Gasteiger partial charge in [0.1, 0.15) is 72.1 Å². The number of nitrogens with one attached hydrogen (secondary N) is 4. The SMILES string of the molecule is C/C=C/C[C@@H](C)[C@@H](OC(C)=O)[C@@H](C(=O)N[C@@H](CC)C(=O)N(C)CC(=O)N(C)[C@@H](CC(C)C)C(=O)SCc1ccccc1)N(C)C(=O)[C@H](C(C)C)N(C)C(=O)[C@H](CC(C)C)N(C)C(=O)[C@H](CC(C)C)N(C)C(=O)[C@@H](C)NC(=O)[C@H](Cc1ccccc1)NC(=O)[C@H](CC(C)C)N(C)C(=O)[C@@H](NC(=O)OC(C)(C)C)C(C)C. The van der Waals surface area contributed by atoms with Crippen LogP contribution in [0.4, 0.5) is 4.79 Å². The van der Waals surface area contributed by atoms with Crippen LogP contribution in [0.3, 0.4) is 0 Å². The standard InChI is InChI=1S/C82H133N11O15S/c1-28-30-37-55(15)70(107-57(17)94)69(73(98)84-60(29-2)75(100)87(21)47-66(95)88(22)65(45-52(9)10)80(105)109-48-59-40-35-32-36-41-59)93(27)79(104)68(54(13)14)92(26)77(102)64(44-51(7)8)91(25)76(101)63(43-50(5)6)90(24)74(99)56(16)83-71(96)61(46-58-38-33-31-34-39-58)85-72(97)62(42-49(3)4)89(23)78(103)67(53(11)12)86-81(106)108-82(18,19)20/h28,30-36,38-41,49-56,60-65,67-70H,29,37,42-48H2,1-27H3,(H,83,96)(H,84,98)(H,85,97)(H,86,106)/b30-28+/t55-,56-,60+,61+,62+,63+,64+,65+,67+,68+,69+,70-/m1/s1. The molecule has 11 amide bonds. The molecule has 0 unspecified atom stereocenters. The molecule has 0 saturated heterocycles. The largest absolute Gasteiger partial charge is 0.459 e. The molecule has 27 heteroatoms. The Morgan fingerprint density at radius 1 is 0.486 bits per heavy atom. The monoisotopic (exact) mass is 1540 g/mol. The molecule has 0 fully saturated rings. The van der Waals surface area contributed by atoms with Crippen LogP contribution in [0.5, 0.6) is 0 Å². The van der Waals surface area contributed by atoms with E-state index in [4.69, 9.17) is 9.47 Å². The lowest BCUT2D eigenvalue weighted by atomic mass is 9.91. The number of benzene rings is 2. The minimum absolute atomic E-state index is 0.0218. The van der Waals surface area contributed by atoms with E-state index in [1.807, 2.05) is 91.8 Å². The van der Waals surface area contributed by atoms with Gasteiger partial charge in [-0.25, -0.2) is 4.79 Å². The number of hydrogen-bond acceptors (Lipinski definition) is 16. The van der Waals surface area contributed by atoms with Gasteiger partial charge < -0.3 is 65.0 Å². The first-order chi connectivity index (χ1) is 50.6. The van der Waals surface area contributed by atoms with E-state index in [9.17, 15) is 43.2 Å². The van der Waals surface area contributed by atoms with Crippen molar-refractivity contribution in [2.45, 2.75) is 261 Å². The summed E-state index contributed by atoms with van der Waals surface area (Å²) in [6.07, 6.45) is 2.49. The van der Waals surface area contributed by atoms with Crippen LogP contribution in [0.1, 0.15) is 188 Å². The van der Waals surface area contributed by atoms with Gasteiger partial charge in [0.25, 0.3) is 0 Å². The van der Waals surface area contributed by atoms with Crippen molar-refractivity contribution >= 4 is 88.0 Å². The van der Waals surface area contributed by atoms with Crippen LogP contribution in [0, 0.1) is 41.4 Å². The number of carbonyl (C=O) groups is 13. The van der Waals surface area contributed by atoms with Crippen molar-refractivity contribution < 1.29 is 71.8 Å². The molecule has 26 nitrogen and oxygen atoms in total. The lowest BCUT2D eigenvalue weighted by Crippen LogP contribution is -2.64. The molecule has 0 bridgehead atoms. The molecular formula is C82H133N11O15S. The molecule has 109 heavy (non-hydrogen) atoms. The number of nitrogens with zero attached hydrogens (tertiary/aromatic N) is 7. The highest BCUT2D eigenvalue weighted by Gasteiger charge is 2.47. The highest BCUT2D eigenvalue weighted by Crippen LogP contribution is 2.28. The number of amides is 11. The molecule has 0 heterocycles. The van der Waals surface area contributed by atoms with E-state index in [0.29, 0.717) is 17.7 Å². The summed E-state index contributed by atoms with van der Waals surface area (Å²) in [6.45, 7) is 34.5. The first-order valence-corrected chi connectivity index (χ1v) is 39.4. The molecular weight excluding hydrogens is 1410 g/mol. The van der Waals surface area contributed by atoms with E-state index in [-0.39, 0.29) is 67.3 Å². The second-order valence-electron chi connectivity index (χ2n) is 32.4. The van der Waals surface area contributed by atoms with Gasteiger partial charge in [0, 0.05) is 68.4 Å². The maximum Gasteiger partial charge on any atom is 0.408 e. The number of ether oxygens (including phenoxy) is 2. The third-order valence-electron chi connectivity index (χ3n) is 19.1. The smallest absolute Gasteiger partial charge is 0.408 e. The Hall–Kier alpha value is -8.36. The minimum atomic E-state index is -1.62. The van der Waals surface area contributed by atoms with Gasteiger partial charge in [0.15, 0.2) is 0 Å². The van der Waals surface area contributed by atoms with E-state index in [2.05, 4.69) is 21.3 Å². The van der Waals surface area contributed by atoms with Gasteiger partial charge in [-0.3, -0.25) is 57.5 Å². The summed E-state index contributed by atoms with van der Waals surface area (Å²) in [5.74, 6) is -9.25. The third kappa shape index (κ3) is 30.8. The lowest BCUT2D eigenvalue weighted by molar-refractivity contribution is -0.164. The number of hydrogen-bond donors (Lipinski definition) is 4. The van der Waals surface area contributed by atoms with Gasteiger partial charge >= 0.3 is 12.1 Å². The molecule has 4 N–H and O–H groups in total. The topological polar surface area (TPSA) is 311 Å². The first kappa shape index (κ1) is 96.7. The van der Waals surface area contributed by atoms with Gasteiger partial charge in [-0.05, 0) is 126 Å². The lowest BCUT2D eigenvalue weighted by Gasteiger charge is -2.42. The fourth-order valence-electron chi connectivity index (χ4n) is 12.9. The van der Waals surface area contributed by atoms with Gasteiger partial charge in [-0.2, -0.15) is 0 Å². The Morgan fingerprint density at radius 2 is 0.945 bits per heavy atom. The van der Waals surface area contributed by atoms with Crippen LogP contribution in [-0.4, -0.2) is 239 Å². The quantitative estimate of drug-likeness (QED) is 0.0356. The van der Waals surface area contributed by atoms with Crippen LogP contribution in [0.25, 0.3) is 0 Å². The van der Waals surface area contributed by atoms with Crippen molar-refractivity contribution in [3.63, 3.8) is 0 Å². The number of rotatable bonds is 42. The molecule has 0 aliphatic heterocycles. The normalized spacial score (nSPS) is 15.1. The highest BCUT2D eigenvalue weighted by atomic mass is 32.2. The fourth-order valence-corrected chi connectivity index (χ4v) is 13.9. The maximum atomic E-state index is 15.6. The van der Waals surface area contributed by atoms with Crippen LogP contribution in [-0.2, 0) is 79.2 Å². The average molecular weight is 1550 g/mol. The van der Waals surface area contributed by atoms with Crippen LogP contribution in [0.2, 0.25) is 0 Å². The second kappa shape index (κ2) is 45.7.